The van der Waals surface area contributed by atoms with E-state index in [0.29, 0.717) is 52.9 Å². The van der Waals surface area contributed by atoms with Gasteiger partial charge in [-0.3, -0.25) is 0 Å². The Hall–Kier alpha value is -0.800. The lowest BCUT2D eigenvalue weighted by Gasteiger charge is -2.09. The summed E-state index contributed by atoms with van der Waals surface area (Å²) in [6, 6.07) is 0. The summed E-state index contributed by atoms with van der Waals surface area (Å²) in [5, 5.41) is 17.7. The van der Waals surface area contributed by atoms with Gasteiger partial charge in [-0.2, -0.15) is 0 Å². The molecule has 0 heterocycles. The van der Waals surface area contributed by atoms with Crippen LogP contribution in [0.25, 0.3) is 0 Å². The Labute approximate surface area is 209 Å². The number of hydrogen-bond acceptors (Lipinski definition) is 7. The Morgan fingerprint density at radius 2 is 1.00 bits per heavy atom. The van der Waals surface area contributed by atoms with E-state index in [1.54, 1.807) is 12.2 Å². The first-order valence-corrected chi connectivity index (χ1v) is 13.1. The predicted molar refractivity (Wildman–Crippen MR) is 139 cm³/mol. The zero-order valence-electron chi connectivity index (χ0n) is 21.9. The summed E-state index contributed by atoms with van der Waals surface area (Å²) in [5.74, 6) is 0. The van der Waals surface area contributed by atoms with Crippen LogP contribution in [0.15, 0.2) is 25.3 Å². The minimum absolute atomic E-state index is 0.132. The second-order valence-corrected chi connectivity index (χ2v) is 8.05. The van der Waals surface area contributed by atoms with Crippen LogP contribution in [-0.4, -0.2) is 89.0 Å². The summed E-state index contributed by atoms with van der Waals surface area (Å²) >= 11 is 0. The maximum atomic E-state index is 9.07. The first kappa shape index (κ1) is 35.4. The Bertz CT molecular complexity index is 372. The summed E-state index contributed by atoms with van der Waals surface area (Å²) in [6.07, 6.45) is 16.0. The van der Waals surface area contributed by atoms with E-state index in [0.717, 1.165) is 13.0 Å². The van der Waals surface area contributed by atoms with Gasteiger partial charge in [-0.05, 0) is 6.42 Å². The van der Waals surface area contributed by atoms with Gasteiger partial charge >= 0.3 is 0 Å². The van der Waals surface area contributed by atoms with Crippen molar-refractivity contribution in [2.24, 2.45) is 0 Å². The van der Waals surface area contributed by atoms with Crippen LogP contribution in [0.1, 0.15) is 71.1 Å². The highest BCUT2D eigenvalue weighted by Gasteiger charge is 2.00. The molecule has 0 spiro atoms. The van der Waals surface area contributed by atoms with Gasteiger partial charge < -0.3 is 33.9 Å². The van der Waals surface area contributed by atoms with Crippen LogP contribution >= 0.6 is 0 Å². The molecule has 0 saturated carbocycles. The predicted octanol–water partition coefficient (Wildman–Crippen LogP) is 4.70. The van der Waals surface area contributed by atoms with Crippen molar-refractivity contribution in [2.45, 2.75) is 77.2 Å². The van der Waals surface area contributed by atoms with Gasteiger partial charge in [0.05, 0.1) is 66.1 Å². The summed E-state index contributed by atoms with van der Waals surface area (Å²) in [5.41, 5.74) is 0. The number of aliphatic hydroxyl groups is 2. The van der Waals surface area contributed by atoms with Crippen molar-refractivity contribution in [3.8, 4) is 0 Å². The molecule has 7 nitrogen and oxygen atoms in total. The fourth-order valence-corrected chi connectivity index (χ4v) is 2.86. The molecule has 1 unspecified atom stereocenters. The Kier molecular flexibility index (Phi) is 35.7. The van der Waals surface area contributed by atoms with Gasteiger partial charge in [-0.25, -0.2) is 0 Å². The fraction of sp³-hybridized carbons (Fsp3) is 0.852. The van der Waals surface area contributed by atoms with Gasteiger partial charge in [-0.1, -0.05) is 76.9 Å². The topological polar surface area (TPSA) is 86.6 Å². The molecule has 2 N–H and O–H groups in total. The van der Waals surface area contributed by atoms with E-state index >= 15 is 0 Å². The average molecular weight is 491 g/mol. The summed E-state index contributed by atoms with van der Waals surface area (Å²) in [7, 11) is 0. The smallest absolute Gasteiger partial charge is 0.100 e. The molecule has 0 aromatic heterocycles. The molecule has 0 amide bonds. The van der Waals surface area contributed by atoms with Crippen LogP contribution in [0.4, 0.5) is 0 Å². The monoisotopic (exact) mass is 490 g/mol. The lowest BCUT2D eigenvalue weighted by atomic mass is 10.1. The third kappa shape index (κ3) is 35.8. The van der Waals surface area contributed by atoms with Crippen LogP contribution in [0.3, 0.4) is 0 Å². The lowest BCUT2D eigenvalue weighted by Crippen LogP contribution is -2.21. The van der Waals surface area contributed by atoms with Gasteiger partial charge in [0.25, 0.3) is 0 Å². The molecule has 0 aliphatic carbocycles. The number of unbranched alkanes of at least 4 members (excludes halogenated alkanes) is 9. The van der Waals surface area contributed by atoms with Gasteiger partial charge in [-0.15, -0.1) is 13.2 Å². The van der Waals surface area contributed by atoms with Crippen LogP contribution in [0.2, 0.25) is 0 Å². The maximum absolute atomic E-state index is 9.07. The average Bonchev–Trinajstić information content (AvgIpc) is 2.85. The van der Waals surface area contributed by atoms with Crippen molar-refractivity contribution in [3.05, 3.63) is 25.3 Å². The summed E-state index contributed by atoms with van der Waals surface area (Å²) in [4.78, 5) is 0. The number of hydrogen-bond donors (Lipinski definition) is 2. The Balaban J connectivity index is 0. The molecule has 0 bridgehead atoms. The molecule has 0 fully saturated rings. The molecule has 0 aromatic rings. The van der Waals surface area contributed by atoms with E-state index in [1.807, 2.05) is 0 Å². The van der Waals surface area contributed by atoms with Crippen molar-refractivity contribution in [1.29, 1.82) is 0 Å². The maximum Gasteiger partial charge on any atom is 0.100 e. The van der Waals surface area contributed by atoms with Crippen LogP contribution in [0.5, 0.6) is 0 Å². The molecule has 0 radical (unpaired) electrons. The summed E-state index contributed by atoms with van der Waals surface area (Å²) < 4.78 is 26.4. The van der Waals surface area contributed by atoms with E-state index < -0.39 is 6.10 Å². The second kappa shape index (κ2) is 34.4. The van der Waals surface area contributed by atoms with Crippen molar-refractivity contribution >= 4 is 0 Å². The van der Waals surface area contributed by atoms with Crippen LogP contribution in [-0.2, 0) is 23.7 Å². The zero-order chi connectivity index (χ0) is 25.4. The van der Waals surface area contributed by atoms with E-state index in [-0.39, 0.29) is 13.2 Å². The molecule has 34 heavy (non-hydrogen) atoms. The molecule has 0 aliphatic heterocycles. The first-order chi connectivity index (χ1) is 16.7. The molecule has 0 aromatic carbocycles. The third-order valence-corrected chi connectivity index (χ3v) is 4.75. The Morgan fingerprint density at radius 1 is 0.588 bits per heavy atom. The van der Waals surface area contributed by atoms with Gasteiger partial charge in [0.2, 0.25) is 0 Å². The molecule has 0 aliphatic rings. The number of aliphatic hydroxyl groups excluding tert-OH is 2. The normalized spacial score (nSPS) is 11.6. The highest BCUT2D eigenvalue weighted by Crippen LogP contribution is 2.10. The molecule has 0 rings (SSSR count). The lowest BCUT2D eigenvalue weighted by molar-refractivity contribution is -0.0267. The van der Waals surface area contributed by atoms with Crippen molar-refractivity contribution in [1.82, 2.24) is 0 Å². The molecule has 7 heteroatoms. The standard InChI is InChI=1S/C21H44O6.C6H10O/c1-2-3-4-5-6-7-8-9-10-11-12-24-13-14-25-15-16-26-17-18-27-20-21(23)19-22;1-3-5-7-6-4-2/h21-23H,2-20H2,1H3;3-4H,1-2,5-6H2. The van der Waals surface area contributed by atoms with E-state index in [9.17, 15) is 0 Å². The van der Waals surface area contributed by atoms with E-state index in [4.69, 9.17) is 33.9 Å². The Morgan fingerprint density at radius 3 is 1.44 bits per heavy atom. The minimum Gasteiger partial charge on any atom is -0.394 e. The first-order valence-electron chi connectivity index (χ1n) is 13.1. The number of rotatable bonds is 27. The highest BCUT2D eigenvalue weighted by atomic mass is 16.6. The number of ether oxygens (including phenoxy) is 5. The molecule has 0 saturated heterocycles. The quantitative estimate of drug-likeness (QED) is 0.127. The molecule has 204 valence electrons. The highest BCUT2D eigenvalue weighted by molar-refractivity contribution is 4.68. The minimum atomic E-state index is -0.811. The zero-order valence-corrected chi connectivity index (χ0v) is 21.9. The van der Waals surface area contributed by atoms with Crippen molar-refractivity contribution in [3.63, 3.8) is 0 Å². The second-order valence-electron chi connectivity index (χ2n) is 8.05. The van der Waals surface area contributed by atoms with E-state index in [2.05, 4.69) is 20.1 Å². The van der Waals surface area contributed by atoms with Crippen molar-refractivity contribution < 1.29 is 33.9 Å². The van der Waals surface area contributed by atoms with Crippen LogP contribution in [0, 0.1) is 0 Å². The van der Waals surface area contributed by atoms with Gasteiger partial charge in [0, 0.05) is 6.61 Å². The SMILES string of the molecule is C=CCOCC=C.CCCCCCCCCCCCOCCOCCOCCOCC(O)CO. The van der Waals surface area contributed by atoms with Crippen LogP contribution < -0.4 is 0 Å². The van der Waals surface area contributed by atoms with Gasteiger partial charge in [0.1, 0.15) is 6.10 Å². The van der Waals surface area contributed by atoms with E-state index in [1.165, 1.54) is 57.8 Å². The molecular formula is C27H54O7. The van der Waals surface area contributed by atoms with Gasteiger partial charge in [0.15, 0.2) is 0 Å². The third-order valence-electron chi connectivity index (χ3n) is 4.75. The molecule has 1 atom stereocenters. The van der Waals surface area contributed by atoms with Crippen molar-refractivity contribution in [2.75, 3.05) is 72.7 Å². The molecular weight excluding hydrogens is 436 g/mol. The largest absolute Gasteiger partial charge is 0.394 e. The summed E-state index contributed by atoms with van der Waals surface area (Å²) in [6.45, 7) is 14.3. The fourth-order valence-electron chi connectivity index (χ4n) is 2.86.